The van der Waals surface area contributed by atoms with Crippen LogP contribution in [0.1, 0.15) is 34.1 Å². The van der Waals surface area contributed by atoms with Gasteiger partial charge in [-0.15, -0.1) is 0 Å². The maximum Gasteiger partial charge on any atom is 0.326 e. The van der Waals surface area contributed by atoms with E-state index in [4.69, 9.17) is 5.11 Å². The lowest BCUT2D eigenvalue weighted by atomic mass is 9.82. The molecule has 0 aromatic heterocycles. The van der Waals surface area contributed by atoms with Crippen LogP contribution in [0.15, 0.2) is 0 Å². The van der Waals surface area contributed by atoms with Crippen LogP contribution in [0.3, 0.4) is 0 Å². The molecule has 0 aliphatic carbocycles. The lowest BCUT2D eigenvalue weighted by Gasteiger charge is -2.27. The standard InChI is InChI=1S/C13H24N2O5/c1-8(13(2,3)4)7-14-12(19)15-9(11(17)18)6-10(16)20-5/h8-9H,6-7H2,1-5H3,(H,17,18)(H2,14,15,19)/t8?,9-/m0/s1. The molecule has 116 valence electrons. The normalized spacial score (nSPS) is 14.1. The number of aliphatic carboxylic acids is 1. The van der Waals surface area contributed by atoms with Gasteiger partial charge in [-0.3, -0.25) is 4.79 Å². The van der Waals surface area contributed by atoms with Crippen molar-refractivity contribution in [3.05, 3.63) is 0 Å². The topological polar surface area (TPSA) is 105 Å². The molecule has 0 fully saturated rings. The van der Waals surface area contributed by atoms with Gasteiger partial charge in [0.2, 0.25) is 0 Å². The van der Waals surface area contributed by atoms with E-state index in [9.17, 15) is 14.4 Å². The Balaban J connectivity index is 4.34. The molecule has 2 amide bonds. The van der Waals surface area contributed by atoms with Crippen molar-refractivity contribution in [2.24, 2.45) is 11.3 Å². The number of esters is 1. The van der Waals surface area contributed by atoms with Crippen LogP contribution in [0.5, 0.6) is 0 Å². The second-order valence-corrected chi connectivity index (χ2v) is 5.79. The van der Waals surface area contributed by atoms with E-state index in [1.54, 1.807) is 0 Å². The lowest BCUT2D eigenvalue weighted by Crippen LogP contribution is -2.48. The summed E-state index contributed by atoms with van der Waals surface area (Å²) in [6, 6.07) is -1.91. The lowest BCUT2D eigenvalue weighted by molar-refractivity contribution is -0.147. The van der Waals surface area contributed by atoms with Gasteiger partial charge in [0.1, 0.15) is 6.04 Å². The minimum atomic E-state index is -1.30. The summed E-state index contributed by atoms with van der Waals surface area (Å²) in [7, 11) is 1.16. The number of carboxylic acid groups (broad SMARTS) is 1. The summed E-state index contributed by atoms with van der Waals surface area (Å²) in [5.74, 6) is -1.76. The predicted octanol–water partition coefficient (Wildman–Crippen LogP) is 0.984. The molecule has 0 rings (SSSR count). The Labute approximate surface area is 119 Å². The van der Waals surface area contributed by atoms with Crippen molar-refractivity contribution in [3.63, 3.8) is 0 Å². The zero-order valence-electron chi connectivity index (χ0n) is 12.6. The van der Waals surface area contributed by atoms with Gasteiger partial charge in [0.15, 0.2) is 0 Å². The second kappa shape index (κ2) is 7.72. The molecule has 0 saturated heterocycles. The van der Waals surface area contributed by atoms with E-state index in [-0.39, 0.29) is 11.3 Å². The molecule has 2 atom stereocenters. The van der Waals surface area contributed by atoms with Crippen LogP contribution in [0.25, 0.3) is 0 Å². The van der Waals surface area contributed by atoms with Gasteiger partial charge in [0.05, 0.1) is 13.5 Å². The highest BCUT2D eigenvalue weighted by molar-refractivity contribution is 5.86. The Morgan fingerprint density at radius 2 is 1.80 bits per heavy atom. The van der Waals surface area contributed by atoms with Crippen LogP contribution in [-0.2, 0) is 14.3 Å². The van der Waals surface area contributed by atoms with Gasteiger partial charge < -0.3 is 20.5 Å². The number of nitrogens with one attached hydrogen (secondary N) is 2. The predicted molar refractivity (Wildman–Crippen MR) is 73.2 cm³/mol. The first-order valence-electron chi connectivity index (χ1n) is 6.42. The van der Waals surface area contributed by atoms with Crippen molar-refractivity contribution in [1.29, 1.82) is 0 Å². The van der Waals surface area contributed by atoms with Crippen LogP contribution in [-0.4, -0.2) is 42.8 Å². The number of amides is 2. The number of hydrogen-bond donors (Lipinski definition) is 3. The van der Waals surface area contributed by atoms with Crippen molar-refractivity contribution in [2.75, 3.05) is 13.7 Å². The highest BCUT2D eigenvalue weighted by Crippen LogP contribution is 2.24. The summed E-state index contributed by atoms with van der Waals surface area (Å²) in [5, 5.41) is 13.8. The quantitative estimate of drug-likeness (QED) is 0.632. The Kier molecular flexibility index (Phi) is 7.02. The monoisotopic (exact) mass is 288 g/mol. The highest BCUT2D eigenvalue weighted by atomic mass is 16.5. The number of carboxylic acids is 1. The van der Waals surface area contributed by atoms with E-state index in [0.29, 0.717) is 6.54 Å². The summed E-state index contributed by atoms with van der Waals surface area (Å²) < 4.78 is 4.38. The number of rotatable bonds is 6. The minimum Gasteiger partial charge on any atom is -0.480 e. The second-order valence-electron chi connectivity index (χ2n) is 5.79. The number of methoxy groups -OCH3 is 1. The third kappa shape index (κ3) is 6.96. The summed E-state index contributed by atoms with van der Waals surface area (Å²) in [6.07, 6.45) is -0.409. The molecular formula is C13H24N2O5. The molecule has 7 heteroatoms. The number of carbonyl (C=O) groups excluding carboxylic acids is 2. The van der Waals surface area contributed by atoms with Crippen molar-refractivity contribution in [2.45, 2.75) is 40.2 Å². The fraction of sp³-hybridized carbons (Fsp3) is 0.769. The van der Waals surface area contributed by atoms with E-state index < -0.39 is 30.4 Å². The van der Waals surface area contributed by atoms with E-state index in [2.05, 4.69) is 36.1 Å². The number of urea groups is 1. The molecular weight excluding hydrogens is 264 g/mol. The van der Waals surface area contributed by atoms with Crippen LogP contribution in [0, 0.1) is 11.3 Å². The third-order valence-corrected chi connectivity index (χ3v) is 3.25. The van der Waals surface area contributed by atoms with Crippen molar-refractivity contribution in [3.8, 4) is 0 Å². The minimum absolute atomic E-state index is 0.0332. The van der Waals surface area contributed by atoms with Gasteiger partial charge in [-0.05, 0) is 11.3 Å². The fourth-order valence-electron chi connectivity index (χ4n) is 1.21. The molecule has 0 aromatic carbocycles. The zero-order chi connectivity index (χ0) is 15.9. The number of ether oxygens (including phenoxy) is 1. The van der Waals surface area contributed by atoms with Crippen molar-refractivity contribution < 1.29 is 24.2 Å². The number of hydrogen-bond acceptors (Lipinski definition) is 4. The Morgan fingerprint density at radius 1 is 1.25 bits per heavy atom. The SMILES string of the molecule is COC(=O)C[C@H](NC(=O)NCC(C)C(C)(C)C)C(=O)O. The van der Waals surface area contributed by atoms with E-state index in [1.165, 1.54) is 0 Å². The molecule has 0 saturated carbocycles. The first-order chi connectivity index (χ1) is 9.07. The maximum atomic E-state index is 11.6. The van der Waals surface area contributed by atoms with Crippen molar-refractivity contribution in [1.82, 2.24) is 10.6 Å². The summed E-state index contributed by atoms with van der Waals surface area (Å²) in [6.45, 7) is 8.56. The molecule has 0 bridgehead atoms. The highest BCUT2D eigenvalue weighted by Gasteiger charge is 2.25. The van der Waals surface area contributed by atoms with Crippen LogP contribution < -0.4 is 10.6 Å². The van der Waals surface area contributed by atoms with Gasteiger partial charge in [-0.25, -0.2) is 9.59 Å². The largest absolute Gasteiger partial charge is 0.480 e. The van der Waals surface area contributed by atoms with Crippen LogP contribution in [0.4, 0.5) is 4.79 Å². The molecule has 0 aliphatic rings. The molecule has 1 unspecified atom stereocenters. The van der Waals surface area contributed by atoms with E-state index in [0.717, 1.165) is 7.11 Å². The molecule has 7 nitrogen and oxygen atoms in total. The Bertz CT molecular complexity index is 362. The number of carbonyl (C=O) groups is 3. The summed E-state index contributed by atoms with van der Waals surface area (Å²) in [4.78, 5) is 33.6. The molecule has 0 aliphatic heterocycles. The van der Waals surface area contributed by atoms with E-state index in [1.807, 2.05) is 6.92 Å². The van der Waals surface area contributed by atoms with Crippen LogP contribution >= 0.6 is 0 Å². The average Bonchev–Trinajstić information content (AvgIpc) is 2.33. The first kappa shape index (κ1) is 18.2. The van der Waals surface area contributed by atoms with Gasteiger partial charge >= 0.3 is 18.0 Å². The first-order valence-corrected chi connectivity index (χ1v) is 6.42. The summed E-state index contributed by atoms with van der Waals surface area (Å²) in [5.41, 5.74) is 0.0332. The summed E-state index contributed by atoms with van der Waals surface area (Å²) >= 11 is 0. The fourth-order valence-corrected chi connectivity index (χ4v) is 1.21. The van der Waals surface area contributed by atoms with E-state index >= 15 is 0 Å². The smallest absolute Gasteiger partial charge is 0.326 e. The van der Waals surface area contributed by atoms with Gasteiger partial charge in [-0.2, -0.15) is 0 Å². The third-order valence-electron chi connectivity index (χ3n) is 3.25. The molecule has 0 spiro atoms. The molecule has 0 aromatic rings. The molecule has 20 heavy (non-hydrogen) atoms. The van der Waals surface area contributed by atoms with Crippen LogP contribution in [0.2, 0.25) is 0 Å². The Hall–Kier alpha value is -1.79. The average molecular weight is 288 g/mol. The maximum absolute atomic E-state index is 11.6. The van der Waals surface area contributed by atoms with Gasteiger partial charge in [-0.1, -0.05) is 27.7 Å². The van der Waals surface area contributed by atoms with Gasteiger partial charge in [0.25, 0.3) is 0 Å². The molecule has 0 radical (unpaired) electrons. The zero-order valence-corrected chi connectivity index (χ0v) is 12.6. The molecule has 3 N–H and O–H groups in total. The Morgan fingerprint density at radius 3 is 2.20 bits per heavy atom. The molecule has 0 heterocycles. The van der Waals surface area contributed by atoms with Crippen molar-refractivity contribution >= 4 is 18.0 Å². The van der Waals surface area contributed by atoms with Gasteiger partial charge in [0, 0.05) is 6.54 Å².